The summed E-state index contributed by atoms with van der Waals surface area (Å²) in [5.74, 6) is 0.287. The second kappa shape index (κ2) is 13.5. The van der Waals surface area contributed by atoms with Crippen molar-refractivity contribution >= 4 is 35.0 Å². The number of halogens is 2. The molecule has 0 spiro atoms. The topological polar surface area (TPSA) is 66.6 Å². The molecule has 2 aromatic carbocycles. The molecule has 2 N–H and O–H groups in total. The van der Waals surface area contributed by atoms with E-state index in [9.17, 15) is 9.59 Å². The summed E-state index contributed by atoms with van der Waals surface area (Å²) in [6.45, 7) is 12.6. The number of carbonyl (C=O) groups excluding carboxylic acids is 2. The summed E-state index contributed by atoms with van der Waals surface area (Å²) in [7, 11) is 0. The molecule has 2 heterocycles. The summed E-state index contributed by atoms with van der Waals surface area (Å²) in [5, 5.41) is 1.11. The van der Waals surface area contributed by atoms with Crippen molar-refractivity contribution in [3.05, 3.63) is 68.7 Å². The van der Waals surface area contributed by atoms with Gasteiger partial charge in [-0.1, -0.05) is 75.2 Å². The Morgan fingerprint density at radius 3 is 2.17 bits per heavy atom. The third kappa shape index (κ3) is 7.47. The van der Waals surface area contributed by atoms with Crippen LogP contribution in [0, 0.1) is 11.3 Å². The predicted octanol–water partition coefficient (Wildman–Crippen LogP) is 6.83. The van der Waals surface area contributed by atoms with Crippen LogP contribution in [0.4, 0.5) is 0 Å². The van der Waals surface area contributed by atoms with Crippen LogP contribution >= 0.6 is 23.2 Å². The fourth-order valence-electron chi connectivity index (χ4n) is 6.84. The Morgan fingerprint density at radius 1 is 0.951 bits per heavy atom. The maximum absolute atomic E-state index is 13.7. The molecule has 224 valence electrons. The van der Waals surface area contributed by atoms with Crippen molar-refractivity contribution in [1.82, 2.24) is 9.80 Å². The summed E-state index contributed by atoms with van der Waals surface area (Å²) in [4.78, 5) is 30.3. The monoisotopic (exact) mass is 599 g/mol. The van der Waals surface area contributed by atoms with Gasteiger partial charge in [-0.15, -0.1) is 0 Å². The van der Waals surface area contributed by atoms with Crippen LogP contribution in [0.2, 0.25) is 10.0 Å². The van der Waals surface area contributed by atoms with E-state index in [1.54, 1.807) is 0 Å². The second-order valence-corrected chi connectivity index (χ2v) is 13.6. The van der Waals surface area contributed by atoms with Crippen LogP contribution < -0.4 is 5.73 Å². The molecule has 0 saturated carbocycles. The molecule has 0 bridgehead atoms. The van der Waals surface area contributed by atoms with E-state index in [4.69, 9.17) is 28.9 Å². The van der Waals surface area contributed by atoms with Crippen LogP contribution in [-0.4, -0.2) is 54.3 Å². The number of hydrogen-bond donors (Lipinski definition) is 1. The molecule has 2 saturated heterocycles. The van der Waals surface area contributed by atoms with E-state index in [-0.39, 0.29) is 17.2 Å². The van der Waals surface area contributed by atoms with Crippen molar-refractivity contribution < 1.29 is 9.59 Å². The maximum Gasteiger partial charge on any atom is 0.227 e. The summed E-state index contributed by atoms with van der Waals surface area (Å²) in [6.07, 6.45) is 7.20. The lowest BCUT2D eigenvalue weighted by Gasteiger charge is -2.45. The SMILES string of the molecule is CCc1cc(CC)cc(CC(=O)N2CCCC(CCN3CCC(C(C)(C)C(N)=O)CC3)(c3ccc(Cl)c(Cl)c3)C2)c1. The second-order valence-electron chi connectivity index (χ2n) is 12.8. The van der Waals surface area contributed by atoms with E-state index in [2.05, 4.69) is 47.9 Å². The zero-order valence-electron chi connectivity index (χ0n) is 25.3. The van der Waals surface area contributed by atoms with E-state index in [1.165, 1.54) is 11.1 Å². The lowest BCUT2D eigenvalue weighted by atomic mass is 9.71. The Bertz CT molecular complexity index is 1220. The third-order valence-electron chi connectivity index (χ3n) is 9.90. The van der Waals surface area contributed by atoms with Gasteiger partial charge in [0.05, 0.1) is 16.5 Å². The number of piperidine rings is 2. The smallest absolute Gasteiger partial charge is 0.227 e. The summed E-state index contributed by atoms with van der Waals surface area (Å²) in [5.41, 5.74) is 9.89. The van der Waals surface area contributed by atoms with Crippen molar-refractivity contribution in [2.24, 2.45) is 17.1 Å². The molecule has 2 aliphatic heterocycles. The Labute approximate surface area is 256 Å². The quantitative estimate of drug-likeness (QED) is 0.325. The van der Waals surface area contributed by atoms with Gasteiger partial charge in [0.25, 0.3) is 0 Å². The minimum atomic E-state index is -0.480. The number of nitrogens with zero attached hydrogens (tertiary/aromatic N) is 2. The van der Waals surface area contributed by atoms with Crippen molar-refractivity contribution in [3.8, 4) is 0 Å². The molecule has 2 fully saturated rings. The van der Waals surface area contributed by atoms with E-state index >= 15 is 0 Å². The van der Waals surface area contributed by atoms with Crippen molar-refractivity contribution in [2.75, 3.05) is 32.7 Å². The molecule has 41 heavy (non-hydrogen) atoms. The van der Waals surface area contributed by atoms with Gasteiger partial charge in [0, 0.05) is 23.9 Å². The number of hydrogen-bond acceptors (Lipinski definition) is 3. The zero-order valence-corrected chi connectivity index (χ0v) is 26.8. The van der Waals surface area contributed by atoms with Crippen LogP contribution in [0.25, 0.3) is 0 Å². The van der Waals surface area contributed by atoms with Crippen LogP contribution in [-0.2, 0) is 34.3 Å². The number of likely N-dealkylation sites (tertiary alicyclic amines) is 2. The average Bonchev–Trinajstić information content (AvgIpc) is 2.97. The number of carbonyl (C=O) groups is 2. The molecular weight excluding hydrogens is 553 g/mol. The number of amides is 2. The summed E-state index contributed by atoms with van der Waals surface area (Å²) in [6, 6.07) is 12.6. The Balaban J connectivity index is 1.51. The number of aryl methyl sites for hydroxylation is 2. The van der Waals surface area contributed by atoms with Gasteiger partial charge in [0.1, 0.15) is 0 Å². The number of rotatable bonds is 10. The standard InChI is InChI=1S/C34H47Cl2N3O2/c1-5-24-18-25(6-2)20-26(19-24)21-31(40)39-14-7-12-34(23-39,28-8-9-29(35)30(36)22-28)13-17-38-15-10-27(11-16-38)33(3,4)32(37)41/h8-9,18-20,22,27H,5-7,10-17,21,23H2,1-4H3,(H2,37,41). The fourth-order valence-corrected chi connectivity index (χ4v) is 7.14. The Morgan fingerprint density at radius 2 is 1.59 bits per heavy atom. The highest BCUT2D eigenvalue weighted by molar-refractivity contribution is 6.42. The fraction of sp³-hybridized carbons (Fsp3) is 0.588. The number of primary amides is 1. The van der Waals surface area contributed by atoms with Gasteiger partial charge in [-0.25, -0.2) is 0 Å². The highest BCUT2D eigenvalue weighted by Crippen LogP contribution is 2.41. The number of benzene rings is 2. The van der Waals surface area contributed by atoms with E-state index < -0.39 is 5.41 Å². The molecule has 0 aliphatic carbocycles. The van der Waals surface area contributed by atoms with Gasteiger partial charge >= 0.3 is 0 Å². The van der Waals surface area contributed by atoms with Gasteiger partial charge in [0.15, 0.2) is 0 Å². The van der Waals surface area contributed by atoms with Gasteiger partial charge in [-0.3, -0.25) is 9.59 Å². The van der Waals surface area contributed by atoms with Crippen LogP contribution in [0.1, 0.15) is 82.1 Å². The highest BCUT2D eigenvalue weighted by atomic mass is 35.5. The molecule has 2 amide bonds. The maximum atomic E-state index is 13.7. The Hall–Kier alpha value is -2.08. The van der Waals surface area contributed by atoms with Crippen LogP contribution in [0.5, 0.6) is 0 Å². The summed E-state index contributed by atoms with van der Waals surface area (Å²) < 4.78 is 0. The largest absolute Gasteiger partial charge is 0.369 e. The molecule has 2 aliphatic rings. The normalized spacial score (nSPS) is 20.8. The van der Waals surface area contributed by atoms with Crippen molar-refractivity contribution in [1.29, 1.82) is 0 Å². The lowest BCUT2D eigenvalue weighted by molar-refractivity contribution is -0.133. The van der Waals surface area contributed by atoms with Gasteiger partial charge < -0.3 is 15.5 Å². The van der Waals surface area contributed by atoms with Gasteiger partial charge in [-0.05, 0) is 105 Å². The Kier molecular flexibility index (Phi) is 10.5. The lowest BCUT2D eigenvalue weighted by Crippen LogP contribution is -2.51. The average molecular weight is 601 g/mol. The van der Waals surface area contributed by atoms with E-state index in [0.29, 0.717) is 28.9 Å². The summed E-state index contributed by atoms with van der Waals surface area (Å²) >= 11 is 12.8. The first-order chi connectivity index (χ1) is 19.5. The molecular formula is C34H47Cl2N3O2. The molecule has 1 unspecified atom stereocenters. The first-order valence-electron chi connectivity index (χ1n) is 15.3. The van der Waals surface area contributed by atoms with Gasteiger partial charge in [-0.2, -0.15) is 0 Å². The first kappa shape index (κ1) is 31.8. The first-order valence-corrected chi connectivity index (χ1v) is 16.1. The number of nitrogens with two attached hydrogens (primary N) is 1. The van der Waals surface area contributed by atoms with Crippen LogP contribution in [0.15, 0.2) is 36.4 Å². The molecule has 1 atom stereocenters. The van der Waals surface area contributed by atoms with E-state index in [0.717, 1.165) is 82.3 Å². The highest BCUT2D eigenvalue weighted by Gasteiger charge is 2.41. The molecule has 2 aromatic rings. The minimum absolute atomic E-state index is 0.189. The molecule has 0 radical (unpaired) electrons. The minimum Gasteiger partial charge on any atom is -0.369 e. The van der Waals surface area contributed by atoms with Crippen molar-refractivity contribution in [2.45, 2.75) is 84.5 Å². The zero-order chi connectivity index (χ0) is 29.8. The third-order valence-corrected chi connectivity index (χ3v) is 10.6. The van der Waals surface area contributed by atoms with E-state index in [1.807, 2.05) is 26.0 Å². The predicted molar refractivity (Wildman–Crippen MR) is 170 cm³/mol. The molecule has 4 rings (SSSR count). The molecule has 7 heteroatoms. The van der Waals surface area contributed by atoms with Gasteiger partial charge in [0.2, 0.25) is 11.8 Å². The van der Waals surface area contributed by atoms with Crippen molar-refractivity contribution in [3.63, 3.8) is 0 Å². The molecule has 5 nitrogen and oxygen atoms in total. The molecule has 0 aromatic heterocycles. The van der Waals surface area contributed by atoms with Crippen LogP contribution in [0.3, 0.4) is 0 Å².